The van der Waals surface area contributed by atoms with Crippen molar-refractivity contribution in [3.05, 3.63) is 60.2 Å². The number of hydrogen-bond donors (Lipinski definition) is 5. The Hall–Kier alpha value is -3.45. The van der Waals surface area contributed by atoms with E-state index in [0.717, 1.165) is 0 Å². The number of aliphatic hydroxyl groups excluding tert-OH is 1. The van der Waals surface area contributed by atoms with Crippen LogP contribution in [0.25, 0.3) is 0 Å². The zero-order valence-corrected chi connectivity index (χ0v) is 21.1. The van der Waals surface area contributed by atoms with Crippen molar-refractivity contribution in [1.82, 2.24) is 19.8 Å². The highest BCUT2D eigenvalue weighted by atomic mass is 16.4. The normalized spacial score (nSPS) is 30.4. The number of carbonyl (C=O) groups is 3. The predicted octanol–water partition coefficient (Wildman–Crippen LogP) is 0.605. The van der Waals surface area contributed by atoms with Crippen molar-refractivity contribution in [1.29, 1.82) is 0 Å². The van der Waals surface area contributed by atoms with E-state index in [9.17, 15) is 34.8 Å². The molecule has 2 aliphatic rings. The van der Waals surface area contributed by atoms with Crippen LogP contribution in [0.5, 0.6) is 0 Å². The van der Waals surface area contributed by atoms with E-state index in [4.69, 9.17) is 5.73 Å². The van der Waals surface area contributed by atoms with Gasteiger partial charge in [-0.2, -0.15) is 0 Å². The van der Waals surface area contributed by atoms with Gasteiger partial charge in [0.15, 0.2) is 0 Å². The Morgan fingerprint density at radius 3 is 1.82 bits per heavy atom. The number of hydrogen-bond acceptors (Lipinski definition) is 9. The molecule has 2 aromatic rings. The van der Waals surface area contributed by atoms with Crippen LogP contribution in [0.1, 0.15) is 42.7 Å². The molecule has 6 atom stereocenters. The number of fused-ring (bicyclic) bond motifs is 2. The molecule has 2 fully saturated rings. The Bertz CT molecular complexity index is 1090. The van der Waals surface area contributed by atoms with E-state index in [2.05, 4.69) is 9.97 Å². The van der Waals surface area contributed by atoms with Gasteiger partial charge in [0, 0.05) is 25.5 Å². The number of aliphatic carboxylic acids is 3. The number of unbranched alkanes of at least 4 members (excludes halogenated alkanes) is 1. The quantitative estimate of drug-likeness (QED) is 0.271. The molecule has 0 aliphatic carbocycles. The summed E-state index contributed by atoms with van der Waals surface area (Å²) in [5.74, 6) is -4.07. The second kappa shape index (κ2) is 10.7. The molecule has 38 heavy (non-hydrogen) atoms. The molecule has 0 saturated carbocycles. The lowest BCUT2D eigenvalue weighted by Crippen LogP contribution is -2.78. The van der Waals surface area contributed by atoms with Gasteiger partial charge in [0.05, 0.1) is 29.6 Å². The van der Waals surface area contributed by atoms with Crippen LogP contribution in [0.4, 0.5) is 0 Å². The Balaban J connectivity index is 2.00. The number of nitrogens with zero attached hydrogens (tertiary/aromatic N) is 4. The standard InChI is InChI=1S/C26H33N5O7/c1-30-19(16-8-3-6-12-28-16)25(23(35)36)14-31(18(21(32)33)10-2-5-11-27)15-26(22(25)34,24(37)38)20(30)17-9-4-7-13-29-17/h3-4,6-9,12-13,18-20,22,34H,2,5,10-11,14-15,27H2,1H3,(H,32,33)(H,35,36)(H,37,38)/t18-,19-,20+,22-,25?,26?/m0/s1. The highest BCUT2D eigenvalue weighted by molar-refractivity contribution is 5.85. The fourth-order valence-corrected chi connectivity index (χ4v) is 6.50. The van der Waals surface area contributed by atoms with Gasteiger partial charge in [0.2, 0.25) is 0 Å². The summed E-state index contributed by atoms with van der Waals surface area (Å²) in [5, 5.41) is 43.6. The summed E-state index contributed by atoms with van der Waals surface area (Å²) in [7, 11) is 1.60. The summed E-state index contributed by atoms with van der Waals surface area (Å²) in [6.45, 7) is -0.422. The first kappa shape index (κ1) is 27.6. The molecule has 2 aromatic heterocycles. The highest BCUT2D eigenvalue weighted by Gasteiger charge is 2.75. The van der Waals surface area contributed by atoms with Crippen LogP contribution < -0.4 is 5.73 Å². The first-order valence-corrected chi connectivity index (χ1v) is 12.5. The smallest absolute Gasteiger partial charge is 0.320 e. The number of pyridine rings is 2. The molecule has 2 aliphatic heterocycles. The van der Waals surface area contributed by atoms with E-state index >= 15 is 0 Å². The number of aromatic nitrogens is 2. The maximum absolute atomic E-state index is 13.2. The fraction of sp³-hybridized carbons (Fsp3) is 0.500. The molecule has 0 radical (unpaired) electrons. The van der Waals surface area contributed by atoms with Crippen LogP contribution in [-0.2, 0) is 14.4 Å². The molecule has 12 heteroatoms. The monoisotopic (exact) mass is 527 g/mol. The Kier molecular flexibility index (Phi) is 7.79. The predicted molar refractivity (Wildman–Crippen MR) is 134 cm³/mol. The summed E-state index contributed by atoms with van der Waals surface area (Å²) in [6, 6.07) is 6.56. The van der Waals surface area contributed by atoms with Gasteiger partial charge in [-0.05, 0) is 50.7 Å². The van der Waals surface area contributed by atoms with E-state index in [1.165, 1.54) is 17.3 Å². The first-order chi connectivity index (χ1) is 18.1. The molecule has 0 spiro atoms. The number of rotatable bonds is 10. The lowest BCUT2D eigenvalue weighted by atomic mass is 9.53. The minimum atomic E-state index is -2.12. The zero-order chi connectivity index (χ0) is 27.7. The average Bonchev–Trinajstić information content (AvgIpc) is 2.88. The van der Waals surface area contributed by atoms with Crippen LogP contribution in [-0.4, -0.2) is 96.9 Å². The number of carboxylic acid groups (broad SMARTS) is 3. The van der Waals surface area contributed by atoms with Gasteiger partial charge in [-0.1, -0.05) is 18.6 Å². The van der Waals surface area contributed by atoms with Crippen molar-refractivity contribution >= 4 is 17.9 Å². The van der Waals surface area contributed by atoms with Gasteiger partial charge in [0.1, 0.15) is 16.9 Å². The summed E-state index contributed by atoms with van der Waals surface area (Å²) in [4.78, 5) is 50.7. The van der Waals surface area contributed by atoms with Crippen LogP contribution in [0, 0.1) is 10.8 Å². The van der Waals surface area contributed by atoms with E-state index in [-0.39, 0.29) is 6.42 Å². The molecule has 2 unspecified atom stereocenters. The lowest BCUT2D eigenvalue weighted by molar-refractivity contribution is -0.250. The molecule has 204 valence electrons. The second-order valence-corrected chi connectivity index (χ2v) is 10.1. The van der Waals surface area contributed by atoms with E-state index < -0.39 is 66.1 Å². The van der Waals surface area contributed by atoms with Gasteiger partial charge >= 0.3 is 17.9 Å². The summed E-state index contributed by atoms with van der Waals surface area (Å²) in [5.41, 5.74) is 1.98. The third kappa shape index (κ3) is 4.23. The largest absolute Gasteiger partial charge is 0.481 e. The van der Waals surface area contributed by atoms with Gasteiger partial charge in [-0.25, -0.2) is 0 Å². The molecule has 0 amide bonds. The fourth-order valence-electron chi connectivity index (χ4n) is 6.50. The van der Waals surface area contributed by atoms with Gasteiger partial charge in [0.25, 0.3) is 0 Å². The molecule has 6 N–H and O–H groups in total. The molecular formula is C26H33N5O7. The molecule has 4 heterocycles. The van der Waals surface area contributed by atoms with Crippen molar-refractivity contribution in [2.45, 2.75) is 43.5 Å². The first-order valence-electron chi connectivity index (χ1n) is 12.5. The zero-order valence-electron chi connectivity index (χ0n) is 21.1. The van der Waals surface area contributed by atoms with Crippen molar-refractivity contribution in [3.8, 4) is 0 Å². The van der Waals surface area contributed by atoms with Crippen LogP contribution in [0.2, 0.25) is 0 Å². The maximum atomic E-state index is 13.2. The van der Waals surface area contributed by atoms with E-state index in [0.29, 0.717) is 30.8 Å². The molecule has 2 bridgehead atoms. The van der Waals surface area contributed by atoms with Gasteiger partial charge in [-0.3, -0.25) is 34.2 Å². The number of carboxylic acids is 3. The van der Waals surface area contributed by atoms with Crippen molar-refractivity contribution in [2.75, 3.05) is 26.7 Å². The van der Waals surface area contributed by atoms with Crippen molar-refractivity contribution < 1.29 is 34.8 Å². The Morgan fingerprint density at radius 2 is 1.45 bits per heavy atom. The second-order valence-electron chi connectivity index (χ2n) is 10.1. The number of likely N-dealkylation sites (tertiary alicyclic amines) is 2. The van der Waals surface area contributed by atoms with Crippen molar-refractivity contribution in [2.24, 2.45) is 16.6 Å². The third-order valence-electron chi connectivity index (χ3n) is 8.09. The third-order valence-corrected chi connectivity index (χ3v) is 8.09. The molecule has 12 nitrogen and oxygen atoms in total. The maximum Gasteiger partial charge on any atom is 0.320 e. The van der Waals surface area contributed by atoms with Gasteiger partial charge < -0.3 is 26.2 Å². The SMILES string of the molecule is CN1[C@@H](c2ccccn2)C2(C(=O)O)CN([C@@H](CCCCN)C(=O)O)CC(C(=O)O)([C@H]2O)[C@H]1c1ccccn1. The molecule has 0 aromatic carbocycles. The van der Waals surface area contributed by atoms with Crippen molar-refractivity contribution in [3.63, 3.8) is 0 Å². The number of piperidine rings is 2. The summed E-state index contributed by atoms with van der Waals surface area (Å²) < 4.78 is 0. The highest BCUT2D eigenvalue weighted by Crippen LogP contribution is 2.62. The molecule has 2 saturated heterocycles. The average molecular weight is 528 g/mol. The topological polar surface area (TPSA) is 190 Å². The van der Waals surface area contributed by atoms with Crippen LogP contribution >= 0.6 is 0 Å². The summed E-state index contributed by atoms with van der Waals surface area (Å²) >= 11 is 0. The number of aliphatic hydroxyl groups is 1. The van der Waals surface area contributed by atoms with E-state index in [1.807, 2.05) is 0 Å². The minimum absolute atomic E-state index is 0.145. The molecular weight excluding hydrogens is 494 g/mol. The lowest BCUT2D eigenvalue weighted by Gasteiger charge is -2.64. The van der Waals surface area contributed by atoms with Crippen LogP contribution in [0.15, 0.2) is 48.8 Å². The van der Waals surface area contributed by atoms with Crippen LogP contribution in [0.3, 0.4) is 0 Å². The van der Waals surface area contributed by atoms with E-state index in [1.54, 1.807) is 48.3 Å². The number of nitrogens with two attached hydrogens (primary N) is 1. The summed E-state index contributed by atoms with van der Waals surface area (Å²) in [6.07, 6.45) is 2.26. The Morgan fingerprint density at radius 1 is 0.947 bits per heavy atom. The van der Waals surface area contributed by atoms with Gasteiger partial charge in [-0.15, -0.1) is 0 Å². The minimum Gasteiger partial charge on any atom is -0.481 e. The molecule has 4 rings (SSSR count). The Labute approximate surface area is 219 Å².